The van der Waals surface area contributed by atoms with Gasteiger partial charge in [-0.1, -0.05) is 18.2 Å². The van der Waals surface area contributed by atoms with Crippen LogP contribution >= 0.6 is 0 Å². The molecule has 0 bridgehead atoms. The van der Waals surface area contributed by atoms with Crippen LogP contribution < -0.4 is 4.74 Å². The van der Waals surface area contributed by atoms with Crippen LogP contribution in [-0.2, 0) is 16.0 Å². The van der Waals surface area contributed by atoms with Crippen molar-refractivity contribution in [2.24, 2.45) is 0 Å². The fourth-order valence-electron chi connectivity index (χ4n) is 4.31. The van der Waals surface area contributed by atoms with Crippen LogP contribution in [0.5, 0.6) is 5.75 Å². The summed E-state index contributed by atoms with van der Waals surface area (Å²) in [6.45, 7) is 5.79. The highest BCUT2D eigenvalue weighted by atomic mass is 16.5. The summed E-state index contributed by atoms with van der Waals surface area (Å²) in [5, 5.41) is 0. The van der Waals surface area contributed by atoms with Gasteiger partial charge in [0.25, 0.3) is 0 Å². The molecule has 0 unspecified atom stereocenters. The van der Waals surface area contributed by atoms with Crippen molar-refractivity contribution in [3.8, 4) is 5.75 Å². The Morgan fingerprint density at radius 2 is 2.00 bits per heavy atom. The van der Waals surface area contributed by atoms with E-state index in [-0.39, 0.29) is 17.4 Å². The van der Waals surface area contributed by atoms with Gasteiger partial charge >= 0.3 is 0 Å². The predicted molar refractivity (Wildman–Crippen MR) is 101 cm³/mol. The molecule has 3 rings (SSSR count). The second kappa shape index (κ2) is 7.94. The van der Waals surface area contributed by atoms with Crippen LogP contribution in [0.15, 0.2) is 36.9 Å². The number of methoxy groups -OCH3 is 1. The Bertz CT molecular complexity index is 666. The van der Waals surface area contributed by atoms with E-state index in [1.165, 1.54) is 0 Å². The molecule has 2 heterocycles. The third-order valence-electron chi connectivity index (χ3n) is 5.64. The fraction of sp³-hybridized carbons (Fsp3) is 0.524. The Hall–Kier alpha value is -2.30. The van der Waals surface area contributed by atoms with Crippen molar-refractivity contribution >= 4 is 11.8 Å². The molecule has 1 spiro atoms. The van der Waals surface area contributed by atoms with Crippen LogP contribution in [0.1, 0.15) is 37.7 Å². The summed E-state index contributed by atoms with van der Waals surface area (Å²) < 4.78 is 5.17. The maximum atomic E-state index is 12.9. The van der Waals surface area contributed by atoms with E-state index in [1.54, 1.807) is 13.2 Å². The Morgan fingerprint density at radius 1 is 1.27 bits per heavy atom. The molecule has 1 atom stereocenters. The molecular weight excluding hydrogens is 328 g/mol. The minimum absolute atomic E-state index is 0.130. The van der Waals surface area contributed by atoms with E-state index in [0.717, 1.165) is 43.5 Å². The van der Waals surface area contributed by atoms with Crippen LogP contribution in [0.2, 0.25) is 0 Å². The molecule has 0 saturated carbocycles. The topological polar surface area (TPSA) is 49.9 Å². The largest absolute Gasteiger partial charge is 0.497 e. The number of hydrogen-bond donors (Lipinski definition) is 0. The normalized spacial score (nSPS) is 23.2. The maximum absolute atomic E-state index is 12.9. The number of amides is 2. The number of likely N-dealkylation sites (tertiary alicyclic amines) is 2. The smallest absolute Gasteiger partial charge is 0.227 e. The molecular formula is C21H28N2O3. The SMILES string of the molecule is C=CCN1C(=O)CCC[C@@]12CCCN(C(=O)Cc1ccc(OC)cc1)C2. The van der Waals surface area contributed by atoms with Gasteiger partial charge in [-0.15, -0.1) is 6.58 Å². The number of ether oxygens (including phenoxy) is 1. The number of nitrogens with zero attached hydrogens (tertiary/aromatic N) is 2. The molecule has 2 aliphatic rings. The number of benzene rings is 1. The number of carbonyl (C=O) groups excluding carboxylic acids is 2. The molecule has 2 fully saturated rings. The minimum Gasteiger partial charge on any atom is -0.497 e. The van der Waals surface area contributed by atoms with Gasteiger partial charge in [-0.05, 0) is 43.4 Å². The first-order valence-electron chi connectivity index (χ1n) is 9.40. The second-order valence-electron chi connectivity index (χ2n) is 7.31. The molecule has 1 aromatic carbocycles. The lowest BCUT2D eigenvalue weighted by molar-refractivity contribution is -0.149. The Morgan fingerprint density at radius 3 is 2.69 bits per heavy atom. The molecule has 0 radical (unpaired) electrons. The molecule has 0 aliphatic carbocycles. The van der Waals surface area contributed by atoms with Crippen molar-refractivity contribution in [1.82, 2.24) is 9.80 Å². The molecule has 2 amide bonds. The van der Waals surface area contributed by atoms with Crippen molar-refractivity contribution in [3.63, 3.8) is 0 Å². The van der Waals surface area contributed by atoms with Gasteiger partial charge in [0.15, 0.2) is 0 Å². The first kappa shape index (κ1) is 18.5. The van der Waals surface area contributed by atoms with Crippen LogP contribution in [0.4, 0.5) is 0 Å². The van der Waals surface area contributed by atoms with Crippen molar-refractivity contribution in [2.75, 3.05) is 26.7 Å². The van der Waals surface area contributed by atoms with Crippen LogP contribution in [-0.4, -0.2) is 53.9 Å². The summed E-state index contributed by atoms with van der Waals surface area (Å²) in [7, 11) is 1.63. The summed E-state index contributed by atoms with van der Waals surface area (Å²) in [6, 6.07) is 7.63. The van der Waals surface area contributed by atoms with Crippen LogP contribution in [0, 0.1) is 0 Å². The second-order valence-corrected chi connectivity index (χ2v) is 7.31. The lowest BCUT2D eigenvalue weighted by atomic mass is 9.79. The monoisotopic (exact) mass is 356 g/mol. The zero-order valence-electron chi connectivity index (χ0n) is 15.6. The highest BCUT2D eigenvalue weighted by Crippen LogP contribution is 2.36. The molecule has 0 N–H and O–H groups in total. The molecule has 2 aliphatic heterocycles. The van der Waals surface area contributed by atoms with Gasteiger partial charge in [-0.25, -0.2) is 0 Å². The fourth-order valence-corrected chi connectivity index (χ4v) is 4.31. The van der Waals surface area contributed by atoms with Crippen molar-refractivity contribution in [2.45, 2.75) is 44.1 Å². The Labute approximate surface area is 155 Å². The van der Waals surface area contributed by atoms with Gasteiger partial charge in [0.2, 0.25) is 11.8 Å². The first-order valence-corrected chi connectivity index (χ1v) is 9.40. The third kappa shape index (κ3) is 3.76. The zero-order chi connectivity index (χ0) is 18.6. The molecule has 26 heavy (non-hydrogen) atoms. The summed E-state index contributed by atoms with van der Waals surface area (Å²) in [4.78, 5) is 29.2. The van der Waals surface area contributed by atoms with Crippen LogP contribution in [0.3, 0.4) is 0 Å². The van der Waals surface area contributed by atoms with E-state index in [2.05, 4.69) is 6.58 Å². The number of carbonyl (C=O) groups is 2. The van der Waals surface area contributed by atoms with Gasteiger partial charge in [0.05, 0.1) is 19.1 Å². The Kier molecular flexibility index (Phi) is 5.64. The first-order chi connectivity index (χ1) is 12.6. The van der Waals surface area contributed by atoms with Crippen molar-refractivity contribution in [3.05, 3.63) is 42.5 Å². The molecule has 140 valence electrons. The van der Waals surface area contributed by atoms with E-state index in [0.29, 0.717) is 25.9 Å². The average Bonchev–Trinajstić information content (AvgIpc) is 2.66. The molecule has 0 aromatic heterocycles. The minimum atomic E-state index is -0.211. The van der Waals surface area contributed by atoms with E-state index >= 15 is 0 Å². The molecule has 2 saturated heterocycles. The van der Waals surface area contributed by atoms with Crippen molar-refractivity contribution < 1.29 is 14.3 Å². The van der Waals surface area contributed by atoms with E-state index < -0.39 is 0 Å². The lowest BCUT2D eigenvalue weighted by Crippen LogP contribution is -2.63. The highest BCUT2D eigenvalue weighted by molar-refractivity contribution is 5.80. The molecule has 1 aromatic rings. The predicted octanol–water partition coefficient (Wildman–Crippen LogP) is 2.80. The lowest BCUT2D eigenvalue weighted by Gasteiger charge is -2.52. The standard InChI is InChI=1S/C21H28N2O3/c1-3-13-23-19(24)6-4-11-21(23)12-5-14-22(16-21)20(25)15-17-7-9-18(26-2)10-8-17/h3,7-10H,1,4-6,11-16H2,2H3/t21-/m0/s1. The summed E-state index contributed by atoms with van der Waals surface area (Å²) in [5.74, 6) is 1.12. The maximum Gasteiger partial charge on any atom is 0.227 e. The third-order valence-corrected chi connectivity index (χ3v) is 5.64. The van der Waals surface area contributed by atoms with E-state index in [9.17, 15) is 9.59 Å². The molecule has 5 heteroatoms. The van der Waals surface area contributed by atoms with E-state index in [4.69, 9.17) is 4.74 Å². The zero-order valence-corrected chi connectivity index (χ0v) is 15.6. The Balaban J connectivity index is 1.71. The molecule has 5 nitrogen and oxygen atoms in total. The van der Waals surface area contributed by atoms with Gasteiger partial charge in [0, 0.05) is 26.1 Å². The van der Waals surface area contributed by atoms with Gasteiger partial charge in [0.1, 0.15) is 5.75 Å². The number of rotatable bonds is 5. The number of piperidine rings is 2. The van der Waals surface area contributed by atoms with Gasteiger partial charge < -0.3 is 14.5 Å². The quantitative estimate of drug-likeness (QED) is 0.762. The summed E-state index contributed by atoms with van der Waals surface area (Å²) in [5.41, 5.74) is 0.773. The van der Waals surface area contributed by atoms with Crippen LogP contribution in [0.25, 0.3) is 0 Å². The van der Waals surface area contributed by atoms with Gasteiger partial charge in [-0.3, -0.25) is 9.59 Å². The summed E-state index contributed by atoms with van der Waals surface area (Å²) >= 11 is 0. The average molecular weight is 356 g/mol. The van der Waals surface area contributed by atoms with Crippen molar-refractivity contribution in [1.29, 1.82) is 0 Å². The number of hydrogen-bond acceptors (Lipinski definition) is 3. The van der Waals surface area contributed by atoms with E-state index in [1.807, 2.05) is 34.1 Å². The highest BCUT2D eigenvalue weighted by Gasteiger charge is 2.45. The summed E-state index contributed by atoms with van der Waals surface area (Å²) in [6.07, 6.45) is 6.58. The van der Waals surface area contributed by atoms with Gasteiger partial charge in [-0.2, -0.15) is 0 Å².